The molecule has 7 heteroatoms. The molecule has 1 atom stereocenters. The van der Waals surface area contributed by atoms with Gasteiger partial charge in [-0.3, -0.25) is 14.9 Å². The number of aromatic nitrogens is 1. The fourth-order valence-electron chi connectivity index (χ4n) is 1.40. The van der Waals surface area contributed by atoms with Gasteiger partial charge in [-0.1, -0.05) is 13.8 Å². The maximum absolute atomic E-state index is 11.8. The molecule has 0 aliphatic heterocycles. The number of nitrogens with one attached hydrogen (secondary N) is 1. The second kappa shape index (κ2) is 5.63. The third-order valence-electron chi connectivity index (χ3n) is 2.68. The van der Waals surface area contributed by atoms with Crippen molar-refractivity contribution in [2.45, 2.75) is 20.0 Å². The van der Waals surface area contributed by atoms with Gasteiger partial charge in [0, 0.05) is 19.7 Å². The van der Waals surface area contributed by atoms with Crippen LogP contribution in [0, 0.1) is 16.0 Å². The summed E-state index contributed by atoms with van der Waals surface area (Å²) in [5, 5.41) is 22.7. The maximum Gasteiger partial charge on any atom is 0.287 e. The van der Waals surface area contributed by atoms with Crippen LogP contribution in [-0.4, -0.2) is 33.2 Å². The lowest BCUT2D eigenvalue weighted by molar-refractivity contribution is -0.384. The van der Waals surface area contributed by atoms with Crippen LogP contribution >= 0.6 is 0 Å². The van der Waals surface area contributed by atoms with E-state index in [0.717, 1.165) is 0 Å². The van der Waals surface area contributed by atoms with Gasteiger partial charge in [-0.25, -0.2) is 0 Å². The van der Waals surface area contributed by atoms with Crippen molar-refractivity contribution in [3.63, 3.8) is 0 Å². The third kappa shape index (κ3) is 3.30. The number of aryl methyl sites for hydroxylation is 1. The summed E-state index contributed by atoms with van der Waals surface area (Å²) in [4.78, 5) is 21.8. The molecule has 0 aromatic carbocycles. The number of nitro groups is 1. The molecule has 1 aromatic rings. The van der Waals surface area contributed by atoms with Crippen LogP contribution in [0.3, 0.4) is 0 Å². The van der Waals surface area contributed by atoms with Gasteiger partial charge >= 0.3 is 0 Å². The van der Waals surface area contributed by atoms with Crippen LogP contribution < -0.4 is 5.32 Å². The Morgan fingerprint density at radius 2 is 2.22 bits per heavy atom. The highest BCUT2D eigenvalue weighted by atomic mass is 16.6. The molecule has 18 heavy (non-hydrogen) atoms. The second-order valence-corrected chi connectivity index (χ2v) is 4.47. The predicted octanol–water partition coefficient (Wildman–Crippen LogP) is 0.680. The van der Waals surface area contributed by atoms with Gasteiger partial charge in [0.05, 0.1) is 17.2 Å². The molecule has 1 unspecified atom stereocenters. The van der Waals surface area contributed by atoms with E-state index in [1.54, 1.807) is 7.05 Å². The molecule has 1 rings (SSSR count). The van der Waals surface area contributed by atoms with Crippen molar-refractivity contribution in [2.24, 2.45) is 13.0 Å². The van der Waals surface area contributed by atoms with Crippen molar-refractivity contribution in [1.82, 2.24) is 9.88 Å². The minimum Gasteiger partial charge on any atom is -0.391 e. The van der Waals surface area contributed by atoms with Gasteiger partial charge in [0.15, 0.2) is 0 Å². The first-order valence-corrected chi connectivity index (χ1v) is 5.60. The first kappa shape index (κ1) is 14.2. The molecule has 0 bridgehead atoms. The first-order chi connectivity index (χ1) is 8.32. The Labute approximate surface area is 105 Å². The van der Waals surface area contributed by atoms with Crippen molar-refractivity contribution in [2.75, 3.05) is 6.54 Å². The number of carbonyl (C=O) groups excluding carboxylic acids is 1. The Morgan fingerprint density at radius 3 is 2.67 bits per heavy atom. The monoisotopic (exact) mass is 255 g/mol. The van der Waals surface area contributed by atoms with Crippen molar-refractivity contribution in [1.29, 1.82) is 0 Å². The average molecular weight is 255 g/mol. The Kier molecular flexibility index (Phi) is 4.43. The number of rotatable bonds is 5. The molecule has 0 aliphatic rings. The van der Waals surface area contributed by atoms with E-state index in [9.17, 15) is 20.0 Å². The molecule has 0 saturated carbocycles. The van der Waals surface area contributed by atoms with Gasteiger partial charge < -0.3 is 15.0 Å². The number of carbonyl (C=O) groups is 1. The molecule has 2 N–H and O–H groups in total. The van der Waals surface area contributed by atoms with Crippen molar-refractivity contribution < 1.29 is 14.8 Å². The highest BCUT2D eigenvalue weighted by molar-refractivity contribution is 5.93. The Morgan fingerprint density at radius 1 is 1.61 bits per heavy atom. The van der Waals surface area contributed by atoms with Crippen molar-refractivity contribution >= 4 is 11.6 Å². The summed E-state index contributed by atoms with van der Waals surface area (Å²) in [5.41, 5.74) is 0.0599. The number of aliphatic hydroxyl groups excluding tert-OH is 1. The molecule has 1 aromatic heterocycles. The molecular formula is C11H17N3O4. The fraction of sp³-hybridized carbons (Fsp3) is 0.545. The lowest BCUT2D eigenvalue weighted by Gasteiger charge is -2.14. The SMILES string of the molecule is CC(C)C(O)CNC(=O)c1cc([N+](=O)[O-])cn1C. The summed E-state index contributed by atoms with van der Waals surface area (Å²) in [6.45, 7) is 3.80. The van der Waals surface area contributed by atoms with Crippen molar-refractivity contribution in [3.05, 3.63) is 28.1 Å². The molecular weight excluding hydrogens is 238 g/mol. The van der Waals surface area contributed by atoms with Gasteiger partial charge in [0.1, 0.15) is 5.69 Å². The molecule has 0 fully saturated rings. The number of nitrogens with zero attached hydrogens (tertiary/aromatic N) is 2. The van der Waals surface area contributed by atoms with Crippen LogP contribution in [0.25, 0.3) is 0 Å². The minimum atomic E-state index is -0.635. The van der Waals surface area contributed by atoms with E-state index < -0.39 is 16.9 Å². The zero-order valence-electron chi connectivity index (χ0n) is 10.6. The Balaban J connectivity index is 2.70. The van der Waals surface area contributed by atoms with Gasteiger partial charge in [0.2, 0.25) is 0 Å². The normalized spacial score (nSPS) is 12.5. The van der Waals surface area contributed by atoms with E-state index in [0.29, 0.717) is 0 Å². The number of hydrogen-bond donors (Lipinski definition) is 2. The smallest absolute Gasteiger partial charge is 0.287 e. The van der Waals surface area contributed by atoms with Gasteiger partial charge in [-0.15, -0.1) is 0 Å². The second-order valence-electron chi connectivity index (χ2n) is 4.47. The maximum atomic E-state index is 11.8. The average Bonchev–Trinajstić information content (AvgIpc) is 2.67. The highest BCUT2D eigenvalue weighted by Gasteiger charge is 2.18. The van der Waals surface area contributed by atoms with E-state index in [4.69, 9.17) is 0 Å². The quantitative estimate of drug-likeness (QED) is 0.597. The number of amides is 1. The Hall–Kier alpha value is -1.89. The zero-order chi connectivity index (χ0) is 13.9. The summed E-state index contributed by atoms with van der Waals surface area (Å²) in [6, 6.07) is 1.21. The van der Waals surface area contributed by atoms with Crippen LogP contribution in [0.15, 0.2) is 12.3 Å². The standard InChI is InChI=1S/C11H17N3O4/c1-7(2)10(15)5-12-11(16)9-4-8(14(17)18)6-13(9)3/h4,6-7,10,15H,5H2,1-3H3,(H,12,16). The molecule has 7 nitrogen and oxygen atoms in total. The molecule has 0 aliphatic carbocycles. The molecule has 1 heterocycles. The summed E-state index contributed by atoms with van der Waals surface area (Å²) < 4.78 is 1.38. The van der Waals surface area contributed by atoms with Gasteiger partial charge in [0.25, 0.3) is 11.6 Å². The van der Waals surface area contributed by atoms with Crippen LogP contribution in [-0.2, 0) is 7.05 Å². The van der Waals surface area contributed by atoms with Gasteiger partial charge in [-0.2, -0.15) is 0 Å². The summed E-state index contributed by atoms with van der Waals surface area (Å²) in [7, 11) is 1.56. The highest BCUT2D eigenvalue weighted by Crippen LogP contribution is 2.15. The van der Waals surface area contributed by atoms with E-state index in [-0.39, 0.29) is 23.8 Å². The van der Waals surface area contributed by atoms with E-state index in [2.05, 4.69) is 5.32 Å². The lowest BCUT2D eigenvalue weighted by Crippen LogP contribution is -2.35. The molecule has 1 amide bonds. The molecule has 0 spiro atoms. The van der Waals surface area contributed by atoms with Crippen LogP contribution in [0.5, 0.6) is 0 Å². The fourth-order valence-corrected chi connectivity index (χ4v) is 1.40. The number of hydrogen-bond acceptors (Lipinski definition) is 4. The van der Waals surface area contributed by atoms with Crippen LogP contribution in [0.4, 0.5) is 5.69 Å². The first-order valence-electron chi connectivity index (χ1n) is 5.60. The summed E-state index contributed by atoms with van der Waals surface area (Å²) in [6.07, 6.45) is 0.637. The summed E-state index contributed by atoms with van der Waals surface area (Å²) >= 11 is 0. The van der Waals surface area contributed by atoms with Gasteiger partial charge in [-0.05, 0) is 5.92 Å². The van der Waals surface area contributed by atoms with Crippen LogP contribution in [0.1, 0.15) is 24.3 Å². The largest absolute Gasteiger partial charge is 0.391 e. The van der Waals surface area contributed by atoms with E-state index >= 15 is 0 Å². The summed E-state index contributed by atoms with van der Waals surface area (Å²) in [5.74, 6) is -0.404. The molecule has 0 radical (unpaired) electrons. The van der Waals surface area contributed by atoms with Crippen LogP contribution in [0.2, 0.25) is 0 Å². The number of aliphatic hydroxyl groups is 1. The van der Waals surface area contributed by atoms with E-state index in [1.165, 1.54) is 16.8 Å². The zero-order valence-corrected chi connectivity index (χ0v) is 10.6. The minimum absolute atomic E-state index is 0.0352. The molecule has 0 saturated heterocycles. The lowest BCUT2D eigenvalue weighted by atomic mass is 10.1. The van der Waals surface area contributed by atoms with E-state index in [1.807, 2.05) is 13.8 Å². The molecule has 100 valence electrons. The predicted molar refractivity (Wildman–Crippen MR) is 65.2 cm³/mol. The Bertz CT molecular complexity index is 453. The van der Waals surface area contributed by atoms with Crippen molar-refractivity contribution in [3.8, 4) is 0 Å². The third-order valence-corrected chi connectivity index (χ3v) is 2.68. The topological polar surface area (TPSA) is 97.4 Å².